The first-order valence-corrected chi connectivity index (χ1v) is 6.45. The Morgan fingerprint density at radius 3 is 3.12 bits per heavy atom. The van der Waals surface area contributed by atoms with E-state index in [4.69, 9.17) is 4.74 Å². The van der Waals surface area contributed by atoms with E-state index in [1.54, 1.807) is 18.1 Å². The molecule has 2 rings (SSSR count). The molecule has 0 saturated carbocycles. The van der Waals surface area contributed by atoms with Gasteiger partial charge in [-0.15, -0.1) is 0 Å². The first kappa shape index (κ1) is 12.5. The molecule has 1 aliphatic heterocycles. The second-order valence-electron chi connectivity index (χ2n) is 4.12. The molecule has 1 aromatic heterocycles. The average molecular weight is 299 g/mol. The molecule has 1 unspecified atom stereocenters. The number of nitrogens with zero attached hydrogens (tertiary/aromatic N) is 2. The monoisotopic (exact) mass is 298 g/mol. The van der Waals surface area contributed by atoms with Crippen molar-refractivity contribution in [3.05, 3.63) is 22.8 Å². The van der Waals surface area contributed by atoms with Crippen molar-refractivity contribution in [2.75, 3.05) is 25.2 Å². The van der Waals surface area contributed by atoms with Gasteiger partial charge in [-0.2, -0.15) is 0 Å². The number of pyridine rings is 1. The zero-order chi connectivity index (χ0) is 12.3. The van der Waals surface area contributed by atoms with E-state index < -0.39 is 0 Å². The molecule has 0 aliphatic carbocycles. The van der Waals surface area contributed by atoms with Gasteiger partial charge in [-0.1, -0.05) is 0 Å². The molecule has 1 aliphatic rings. The van der Waals surface area contributed by atoms with Gasteiger partial charge in [-0.3, -0.25) is 9.69 Å². The highest BCUT2D eigenvalue weighted by Crippen LogP contribution is 2.25. The van der Waals surface area contributed by atoms with E-state index in [2.05, 4.69) is 20.9 Å². The van der Waals surface area contributed by atoms with Crippen LogP contribution in [0.1, 0.15) is 12.8 Å². The van der Waals surface area contributed by atoms with E-state index in [-0.39, 0.29) is 11.8 Å². The number of ether oxygens (including phenoxy) is 1. The summed E-state index contributed by atoms with van der Waals surface area (Å²) in [6, 6.07) is 3.71. The van der Waals surface area contributed by atoms with Gasteiger partial charge in [0.05, 0.1) is 17.0 Å². The predicted octanol–water partition coefficient (Wildman–Crippen LogP) is 2.23. The molecule has 0 bridgehead atoms. The van der Waals surface area contributed by atoms with Crippen LogP contribution in [0.5, 0.6) is 0 Å². The van der Waals surface area contributed by atoms with Gasteiger partial charge in [0.1, 0.15) is 5.82 Å². The van der Waals surface area contributed by atoms with Crippen LogP contribution in [-0.2, 0) is 9.53 Å². The van der Waals surface area contributed by atoms with Crippen LogP contribution in [0.15, 0.2) is 22.8 Å². The molecule has 1 fully saturated rings. The minimum atomic E-state index is -0.0392. The van der Waals surface area contributed by atoms with Crippen molar-refractivity contribution < 1.29 is 9.53 Å². The second-order valence-corrected chi connectivity index (χ2v) is 4.97. The highest BCUT2D eigenvalue weighted by atomic mass is 79.9. The number of carbonyl (C=O) groups excluding carboxylic acids is 1. The van der Waals surface area contributed by atoms with Crippen LogP contribution < -0.4 is 4.90 Å². The van der Waals surface area contributed by atoms with Gasteiger partial charge >= 0.3 is 0 Å². The second kappa shape index (κ2) is 5.60. The molecule has 92 valence electrons. The Hall–Kier alpha value is -0.940. The summed E-state index contributed by atoms with van der Waals surface area (Å²) in [5.74, 6) is 0.690. The fraction of sp³-hybridized carbons (Fsp3) is 0.500. The molecule has 1 atom stereocenters. The van der Waals surface area contributed by atoms with Crippen molar-refractivity contribution in [3.8, 4) is 0 Å². The van der Waals surface area contributed by atoms with Crippen molar-refractivity contribution in [2.24, 2.45) is 5.92 Å². The van der Waals surface area contributed by atoms with E-state index in [0.29, 0.717) is 12.4 Å². The Balaban J connectivity index is 2.11. The molecule has 2 heterocycles. The SMILES string of the molecule is CN(C(=O)C1CCCOC1)c1ncccc1Br. The Labute approximate surface area is 109 Å². The minimum Gasteiger partial charge on any atom is -0.381 e. The lowest BCUT2D eigenvalue weighted by atomic mass is 10.0. The van der Waals surface area contributed by atoms with Gasteiger partial charge in [-0.05, 0) is 40.9 Å². The van der Waals surface area contributed by atoms with Gasteiger partial charge in [0.15, 0.2) is 0 Å². The largest absolute Gasteiger partial charge is 0.381 e. The quantitative estimate of drug-likeness (QED) is 0.841. The number of halogens is 1. The van der Waals surface area contributed by atoms with Crippen LogP contribution in [0.3, 0.4) is 0 Å². The normalized spacial score (nSPS) is 20.0. The van der Waals surface area contributed by atoms with Crippen molar-refractivity contribution in [3.63, 3.8) is 0 Å². The molecular weight excluding hydrogens is 284 g/mol. The molecule has 1 aromatic rings. The number of hydrogen-bond acceptors (Lipinski definition) is 3. The lowest BCUT2D eigenvalue weighted by molar-refractivity contribution is -0.126. The number of amides is 1. The maximum Gasteiger partial charge on any atom is 0.233 e. The summed E-state index contributed by atoms with van der Waals surface area (Å²) in [5.41, 5.74) is 0. The van der Waals surface area contributed by atoms with Gasteiger partial charge < -0.3 is 4.74 Å². The number of carbonyl (C=O) groups is 1. The van der Waals surface area contributed by atoms with Crippen molar-refractivity contribution in [2.45, 2.75) is 12.8 Å². The first-order chi connectivity index (χ1) is 8.20. The molecule has 4 nitrogen and oxygen atoms in total. The minimum absolute atomic E-state index is 0.0392. The topological polar surface area (TPSA) is 42.4 Å². The standard InChI is InChI=1S/C12H15BrN2O2/c1-15(11-10(13)5-2-6-14-11)12(16)9-4-3-7-17-8-9/h2,5-6,9H,3-4,7-8H2,1H3. The molecule has 0 N–H and O–H groups in total. The van der Waals surface area contributed by atoms with Gasteiger partial charge in [0.2, 0.25) is 5.91 Å². The van der Waals surface area contributed by atoms with Crippen molar-refractivity contribution >= 4 is 27.7 Å². The molecule has 1 amide bonds. The Morgan fingerprint density at radius 2 is 2.47 bits per heavy atom. The molecular formula is C12H15BrN2O2. The Bertz CT molecular complexity index is 405. The fourth-order valence-electron chi connectivity index (χ4n) is 1.94. The molecule has 0 spiro atoms. The molecule has 0 radical (unpaired) electrons. The van der Waals surface area contributed by atoms with Crippen LogP contribution in [0.4, 0.5) is 5.82 Å². The summed E-state index contributed by atoms with van der Waals surface area (Å²) < 4.78 is 6.17. The molecule has 0 aromatic carbocycles. The van der Waals surface area contributed by atoms with Gasteiger partial charge in [-0.25, -0.2) is 4.98 Å². The Kier molecular flexibility index (Phi) is 4.12. The summed E-state index contributed by atoms with van der Waals surface area (Å²) in [7, 11) is 1.75. The summed E-state index contributed by atoms with van der Waals surface area (Å²) >= 11 is 3.40. The predicted molar refractivity (Wildman–Crippen MR) is 68.9 cm³/mol. The van der Waals surface area contributed by atoms with Crippen LogP contribution in [0.2, 0.25) is 0 Å². The van der Waals surface area contributed by atoms with Gasteiger partial charge in [0, 0.05) is 19.9 Å². The first-order valence-electron chi connectivity index (χ1n) is 5.66. The third kappa shape index (κ3) is 2.84. The van der Waals surface area contributed by atoms with E-state index in [9.17, 15) is 4.79 Å². The summed E-state index contributed by atoms with van der Waals surface area (Å²) in [4.78, 5) is 18.0. The zero-order valence-corrected chi connectivity index (χ0v) is 11.3. The van der Waals surface area contributed by atoms with E-state index in [1.807, 2.05) is 12.1 Å². The zero-order valence-electron chi connectivity index (χ0n) is 9.73. The van der Waals surface area contributed by atoms with Crippen LogP contribution >= 0.6 is 15.9 Å². The maximum absolute atomic E-state index is 12.2. The number of hydrogen-bond donors (Lipinski definition) is 0. The fourth-order valence-corrected chi connectivity index (χ4v) is 2.46. The summed E-state index contributed by atoms with van der Waals surface area (Å²) in [5, 5.41) is 0. The molecule has 5 heteroatoms. The molecule has 17 heavy (non-hydrogen) atoms. The lowest BCUT2D eigenvalue weighted by Crippen LogP contribution is -2.37. The van der Waals surface area contributed by atoms with Gasteiger partial charge in [0.25, 0.3) is 0 Å². The van der Waals surface area contributed by atoms with E-state index >= 15 is 0 Å². The Morgan fingerprint density at radius 1 is 1.65 bits per heavy atom. The highest BCUT2D eigenvalue weighted by molar-refractivity contribution is 9.10. The maximum atomic E-state index is 12.2. The van der Waals surface area contributed by atoms with E-state index in [0.717, 1.165) is 23.9 Å². The van der Waals surface area contributed by atoms with Crippen LogP contribution in [-0.4, -0.2) is 31.2 Å². The van der Waals surface area contributed by atoms with E-state index in [1.165, 1.54) is 0 Å². The molecule has 1 saturated heterocycles. The smallest absolute Gasteiger partial charge is 0.233 e. The third-order valence-electron chi connectivity index (χ3n) is 2.90. The third-order valence-corrected chi connectivity index (χ3v) is 3.52. The highest BCUT2D eigenvalue weighted by Gasteiger charge is 2.26. The summed E-state index contributed by atoms with van der Waals surface area (Å²) in [6.07, 6.45) is 3.53. The summed E-state index contributed by atoms with van der Waals surface area (Å²) in [6.45, 7) is 1.29. The average Bonchev–Trinajstić information content (AvgIpc) is 2.39. The van der Waals surface area contributed by atoms with Crippen molar-refractivity contribution in [1.82, 2.24) is 4.98 Å². The number of rotatable bonds is 2. The van der Waals surface area contributed by atoms with Crippen molar-refractivity contribution in [1.29, 1.82) is 0 Å². The lowest BCUT2D eigenvalue weighted by Gasteiger charge is -2.26. The van der Waals surface area contributed by atoms with Crippen LogP contribution in [0, 0.1) is 5.92 Å². The number of aromatic nitrogens is 1. The number of anilines is 1. The van der Waals surface area contributed by atoms with Crippen LogP contribution in [0.25, 0.3) is 0 Å².